The average Bonchev–Trinajstić information content (AvgIpc) is 2.55. The molecule has 5 heteroatoms. The Morgan fingerprint density at radius 1 is 1.23 bits per heavy atom. The number of rotatable bonds is 3. The van der Waals surface area contributed by atoms with Crippen molar-refractivity contribution in [2.45, 2.75) is 6.54 Å². The molecule has 1 N–H and O–H groups in total. The molecule has 0 fully saturated rings. The molecule has 0 bridgehead atoms. The van der Waals surface area contributed by atoms with Crippen LogP contribution in [0.4, 0.5) is 5.95 Å². The molecule has 0 amide bonds. The van der Waals surface area contributed by atoms with Gasteiger partial charge in [-0.1, -0.05) is 24.3 Å². The van der Waals surface area contributed by atoms with Gasteiger partial charge in [0, 0.05) is 13.6 Å². The van der Waals surface area contributed by atoms with Crippen molar-refractivity contribution in [3.05, 3.63) is 70.0 Å². The summed E-state index contributed by atoms with van der Waals surface area (Å²) in [6.07, 6.45) is 0. The molecular weight excluding hydrogens is 276 g/mol. The number of H-pyrrole nitrogens is 1. The molecule has 5 nitrogen and oxygen atoms in total. The highest BCUT2D eigenvalue weighted by molar-refractivity contribution is 5.78. The van der Waals surface area contributed by atoms with E-state index in [0.29, 0.717) is 29.0 Å². The first kappa shape index (κ1) is 13.8. The molecule has 0 unspecified atom stereocenters. The molecule has 0 atom stereocenters. The van der Waals surface area contributed by atoms with Crippen molar-refractivity contribution in [2.75, 3.05) is 11.9 Å². The second-order valence-corrected chi connectivity index (χ2v) is 5.07. The van der Waals surface area contributed by atoms with E-state index in [2.05, 4.69) is 16.0 Å². The van der Waals surface area contributed by atoms with Crippen LogP contribution >= 0.6 is 0 Å². The van der Waals surface area contributed by atoms with Crippen LogP contribution in [0.2, 0.25) is 0 Å². The largest absolute Gasteiger partial charge is 0.341 e. The fourth-order valence-corrected chi connectivity index (χ4v) is 2.34. The van der Waals surface area contributed by atoms with E-state index in [1.165, 1.54) is 0 Å². The summed E-state index contributed by atoms with van der Waals surface area (Å²) in [5, 5.41) is 9.52. The molecule has 0 saturated heterocycles. The fraction of sp³-hybridized carbons (Fsp3) is 0.118. The molecule has 0 aliphatic rings. The minimum Gasteiger partial charge on any atom is -0.341 e. The Balaban J connectivity index is 1.93. The number of nitrogens with one attached hydrogen (secondary N) is 1. The van der Waals surface area contributed by atoms with Crippen LogP contribution in [-0.2, 0) is 6.54 Å². The summed E-state index contributed by atoms with van der Waals surface area (Å²) in [4.78, 5) is 21.2. The van der Waals surface area contributed by atoms with E-state index in [0.717, 1.165) is 5.56 Å². The second-order valence-electron chi connectivity index (χ2n) is 5.07. The van der Waals surface area contributed by atoms with Crippen LogP contribution in [0.1, 0.15) is 11.1 Å². The number of nitrogens with zero attached hydrogens (tertiary/aromatic N) is 3. The van der Waals surface area contributed by atoms with Crippen LogP contribution in [0.5, 0.6) is 0 Å². The molecular formula is C17H14N4O. The topological polar surface area (TPSA) is 72.8 Å². The van der Waals surface area contributed by atoms with Crippen molar-refractivity contribution < 1.29 is 0 Å². The van der Waals surface area contributed by atoms with E-state index >= 15 is 0 Å². The first-order chi connectivity index (χ1) is 10.7. The molecule has 3 aromatic rings. The summed E-state index contributed by atoms with van der Waals surface area (Å²) in [5.74, 6) is 0.506. The highest BCUT2D eigenvalue weighted by Crippen LogP contribution is 2.13. The first-order valence-electron chi connectivity index (χ1n) is 6.86. The molecule has 2 aromatic carbocycles. The van der Waals surface area contributed by atoms with Gasteiger partial charge in [0.15, 0.2) is 0 Å². The maximum absolute atomic E-state index is 12.1. The van der Waals surface area contributed by atoms with Crippen LogP contribution in [0.25, 0.3) is 10.9 Å². The smallest absolute Gasteiger partial charge is 0.260 e. The number of benzene rings is 2. The molecule has 0 aliphatic heterocycles. The van der Waals surface area contributed by atoms with Gasteiger partial charge in [0.1, 0.15) is 0 Å². The lowest BCUT2D eigenvalue weighted by Gasteiger charge is -2.18. The maximum atomic E-state index is 12.1. The monoisotopic (exact) mass is 290 g/mol. The van der Waals surface area contributed by atoms with Crippen LogP contribution in [0.15, 0.2) is 53.3 Å². The number of hydrogen-bond donors (Lipinski definition) is 1. The molecule has 108 valence electrons. The summed E-state index contributed by atoms with van der Waals surface area (Å²) in [5.41, 5.74) is 2.11. The minimum absolute atomic E-state index is 0.154. The summed E-state index contributed by atoms with van der Waals surface area (Å²) in [7, 11) is 1.85. The Bertz CT molecular complexity index is 924. The van der Waals surface area contributed by atoms with Crippen molar-refractivity contribution in [1.82, 2.24) is 9.97 Å². The van der Waals surface area contributed by atoms with Gasteiger partial charge in [0.05, 0.1) is 22.5 Å². The molecule has 0 aliphatic carbocycles. The molecule has 1 heterocycles. The predicted molar refractivity (Wildman–Crippen MR) is 85.6 cm³/mol. The Hall–Kier alpha value is -3.13. The molecule has 22 heavy (non-hydrogen) atoms. The van der Waals surface area contributed by atoms with Gasteiger partial charge >= 0.3 is 0 Å². The Morgan fingerprint density at radius 2 is 2.05 bits per heavy atom. The van der Waals surface area contributed by atoms with Crippen molar-refractivity contribution >= 4 is 16.9 Å². The third kappa shape index (κ3) is 2.67. The number of aromatic nitrogens is 2. The lowest BCUT2D eigenvalue weighted by Crippen LogP contribution is -2.22. The SMILES string of the molecule is CN(Cc1cccc(C#N)c1)c1nc2ccccc2c(=O)[nH]1. The zero-order chi connectivity index (χ0) is 15.5. The van der Waals surface area contributed by atoms with E-state index in [4.69, 9.17) is 5.26 Å². The number of para-hydroxylation sites is 1. The van der Waals surface area contributed by atoms with Crippen LogP contribution in [-0.4, -0.2) is 17.0 Å². The van der Waals surface area contributed by atoms with Gasteiger partial charge in [-0.05, 0) is 29.8 Å². The van der Waals surface area contributed by atoms with E-state index in [1.54, 1.807) is 12.1 Å². The van der Waals surface area contributed by atoms with Crippen molar-refractivity contribution in [3.63, 3.8) is 0 Å². The van der Waals surface area contributed by atoms with Crippen LogP contribution in [0, 0.1) is 11.3 Å². The fourth-order valence-electron chi connectivity index (χ4n) is 2.34. The van der Waals surface area contributed by atoms with E-state index in [1.807, 2.05) is 48.3 Å². The van der Waals surface area contributed by atoms with Gasteiger partial charge in [-0.25, -0.2) is 4.98 Å². The van der Waals surface area contributed by atoms with Crippen molar-refractivity contribution in [2.24, 2.45) is 0 Å². The second kappa shape index (κ2) is 5.70. The van der Waals surface area contributed by atoms with Crippen LogP contribution in [0.3, 0.4) is 0 Å². The lowest BCUT2D eigenvalue weighted by atomic mass is 10.1. The normalized spacial score (nSPS) is 10.4. The zero-order valence-electron chi connectivity index (χ0n) is 12.1. The van der Waals surface area contributed by atoms with Gasteiger partial charge in [-0.15, -0.1) is 0 Å². The van der Waals surface area contributed by atoms with Gasteiger partial charge in [0.2, 0.25) is 5.95 Å². The average molecular weight is 290 g/mol. The number of aromatic amines is 1. The molecule has 0 radical (unpaired) electrons. The van der Waals surface area contributed by atoms with Gasteiger partial charge < -0.3 is 4.90 Å². The number of anilines is 1. The Morgan fingerprint density at radius 3 is 2.86 bits per heavy atom. The Labute approximate surface area is 127 Å². The highest BCUT2D eigenvalue weighted by atomic mass is 16.1. The van der Waals surface area contributed by atoms with Gasteiger partial charge in [-0.3, -0.25) is 9.78 Å². The summed E-state index contributed by atoms with van der Waals surface area (Å²) < 4.78 is 0. The molecule has 0 spiro atoms. The van der Waals surface area contributed by atoms with E-state index < -0.39 is 0 Å². The lowest BCUT2D eigenvalue weighted by molar-refractivity contribution is 0.868. The summed E-state index contributed by atoms with van der Waals surface area (Å²) in [6, 6.07) is 16.7. The van der Waals surface area contributed by atoms with Crippen molar-refractivity contribution in [3.8, 4) is 6.07 Å². The molecule has 3 rings (SSSR count). The standard InChI is InChI=1S/C17H14N4O/c1-21(11-13-6-4-5-12(9-13)10-18)17-19-15-8-3-2-7-14(15)16(22)20-17/h2-9H,11H2,1H3,(H,19,20,22). The zero-order valence-corrected chi connectivity index (χ0v) is 12.1. The first-order valence-corrected chi connectivity index (χ1v) is 6.86. The third-order valence-corrected chi connectivity index (χ3v) is 3.44. The number of nitriles is 1. The Kier molecular flexibility index (Phi) is 3.58. The number of fused-ring (bicyclic) bond motifs is 1. The summed E-state index contributed by atoms with van der Waals surface area (Å²) in [6.45, 7) is 0.552. The minimum atomic E-state index is -0.154. The molecule has 0 saturated carbocycles. The van der Waals surface area contributed by atoms with Crippen molar-refractivity contribution in [1.29, 1.82) is 5.26 Å². The summed E-state index contributed by atoms with van der Waals surface area (Å²) >= 11 is 0. The molecule has 1 aromatic heterocycles. The van der Waals surface area contributed by atoms with E-state index in [-0.39, 0.29) is 5.56 Å². The van der Waals surface area contributed by atoms with Gasteiger partial charge in [-0.2, -0.15) is 5.26 Å². The van der Waals surface area contributed by atoms with E-state index in [9.17, 15) is 4.79 Å². The maximum Gasteiger partial charge on any atom is 0.260 e. The highest BCUT2D eigenvalue weighted by Gasteiger charge is 2.08. The number of hydrogen-bond acceptors (Lipinski definition) is 4. The predicted octanol–water partition coefficient (Wildman–Crippen LogP) is 2.43. The van der Waals surface area contributed by atoms with Gasteiger partial charge in [0.25, 0.3) is 5.56 Å². The quantitative estimate of drug-likeness (QED) is 0.804. The third-order valence-electron chi connectivity index (χ3n) is 3.44. The van der Waals surface area contributed by atoms with Crippen LogP contribution < -0.4 is 10.5 Å².